The Morgan fingerprint density at radius 1 is 1.33 bits per heavy atom. The van der Waals surface area contributed by atoms with E-state index < -0.39 is 5.54 Å². The molecule has 3 nitrogen and oxygen atoms in total. The molecule has 0 radical (unpaired) electrons. The van der Waals surface area contributed by atoms with Gasteiger partial charge in [0, 0.05) is 6.04 Å². The van der Waals surface area contributed by atoms with Crippen molar-refractivity contribution >= 4 is 0 Å². The van der Waals surface area contributed by atoms with Gasteiger partial charge in [0.25, 0.3) is 0 Å². The van der Waals surface area contributed by atoms with Gasteiger partial charge in [0.2, 0.25) is 0 Å². The van der Waals surface area contributed by atoms with E-state index >= 15 is 0 Å². The minimum Gasteiger partial charge on any atom is -0.497 e. The molecule has 0 heterocycles. The van der Waals surface area contributed by atoms with Gasteiger partial charge in [-0.2, -0.15) is 0 Å². The van der Waals surface area contributed by atoms with Gasteiger partial charge in [0.1, 0.15) is 11.6 Å². The predicted molar refractivity (Wildman–Crippen MR) is 69.2 cm³/mol. The first-order chi connectivity index (χ1) is 8.53. The maximum atomic E-state index is 12.9. The predicted octanol–water partition coefficient (Wildman–Crippen LogP) is 1.49. The number of methoxy groups -OCH3 is 1. The highest BCUT2D eigenvalue weighted by molar-refractivity contribution is 5.33. The second-order valence-electron chi connectivity index (χ2n) is 4.55. The number of hydrogen-bond acceptors (Lipinski definition) is 3. The van der Waals surface area contributed by atoms with Gasteiger partial charge >= 0.3 is 0 Å². The zero-order valence-electron chi connectivity index (χ0n) is 10.3. The van der Waals surface area contributed by atoms with E-state index in [4.69, 9.17) is 16.2 Å². The summed E-state index contributed by atoms with van der Waals surface area (Å²) in [6, 6.07) is 5.99. The van der Waals surface area contributed by atoms with E-state index in [2.05, 4.69) is 0 Å². The van der Waals surface area contributed by atoms with Crippen molar-refractivity contribution < 1.29 is 9.13 Å². The summed E-state index contributed by atoms with van der Waals surface area (Å²) >= 11 is 0. The van der Waals surface area contributed by atoms with Crippen molar-refractivity contribution in [2.75, 3.05) is 7.11 Å². The van der Waals surface area contributed by atoms with Gasteiger partial charge in [-0.1, -0.05) is 18.2 Å². The summed E-state index contributed by atoms with van der Waals surface area (Å²) in [6.07, 6.45) is 5.98. The first kappa shape index (κ1) is 12.8. The minimum atomic E-state index is -0.710. The molecule has 18 heavy (non-hydrogen) atoms. The lowest BCUT2D eigenvalue weighted by atomic mass is 9.82. The molecule has 0 fully saturated rings. The molecule has 1 aliphatic carbocycles. The van der Waals surface area contributed by atoms with E-state index in [1.165, 1.54) is 12.1 Å². The van der Waals surface area contributed by atoms with Crippen LogP contribution in [-0.2, 0) is 11.2 Å². The highest BCUT2D eigenvalue weighted by Crippen LogP contribution is 2.23. The van der Waals surface area contributed by atoms with Crippen molar-refractivity contribution in [1.82, 2.24) is 0 Å². The fraction of sp³-hybridized carbons (Fsp3) is 0.286. The highest BCUT2D eigenvalue weighted by Gasteiger charge is 2.32. The SMILES string of the molecule is COC1=CC(N)(Cc2ccc(F)cc2)C(N)C=C1. The van der Waals surface area contributed by atoms with Crippen LogP contribution in [0.25, 0.3) is 0 Å². The number of nitrogens with two attached hydrogens (primary N) is 2. The summed E-state index contributed by atoms with van der Waals surface area (Å²) in [5, 5.41) is 0. The van der Waals surface area contributed by atoms with Crippen LogP contribution < -0.4 is 11.5 Å². The lowest BCUT2D eigenvalue weighted by Crippen LogP contribution is -2.55. The molecule has 4 heteroatoms. The van der Waals surface area contributed by atoms with Crippen LogP contribution in [0.3, 0.4) is 0 Å². The molecule has 4 N–H and O–H groups in total. The molecule has 1 aromatic rings. The molecule has 1 aromatic carbocycles. The third kappa shape index (κ3) is 2.60. The van der Waals surface area contributed by atoms with Gasteiger partial charge in [0.15, 0.2) is 0 Å². The van der Waals surface area contributed by atoms with Crippen LogP contribution in [0.4, 0.5) is 4.39 Å². The molecule has 2 rings (SSSR count). The summed E-state index contributed by atoms with van der Waals surface area (Å²) in [4.78, 5) is 0. The number of hydrogen-bond donors (Lipinski definition) is 2. The van der Waals surface area contributed by atoms with Crippen LogP contribution in [0, 0.1) is 5.82 Å². The lowest BCUT2D eigenvalue weighted by Gasteiger charge is -2.33. The smallest absolute Gasteiger partial charge is 0.123 e. The third-order valence-corrected chi connectivity index (χ3v) is 3.16. The van der Waals surface area contributed by atoms with Crippen LogP contribution in [-0.4, -0.2) is 18.7 Å². The van der Waals surface area contributed by atoms with Crippen LogP contribution >= 0.6 is 0 Å². The Labute approximate surface area is 106 Å². The van der Waals surface area contributed by atoms with Gasteiger partial charge in [-0.25, -0.2) is 4.39 Å². The monoisotopic (exact) mass is 248 g/mol. The zero-order chi connectivity index (χ0) is 13.2. The number of benzene rings is 1. The second-order valence-corrected chi connectivity index (χ2v) is 4.55. The van der Waals surface area contributed by atoms with E-state index in [1.54, 1.807) is 25.3 Å². The van der Waals surface area contributed by atoms with Crippen molar-refractivity contribution in [3.63, 3.8) is 0 Å². The Morgan fingerprint density at radius 3 is 2.61 bits per heavy atom. The normalized spacial score (nSPS) is 26.9. The lowest BCUT2D eigenvalue weighted by molar-refractivity contribution is 0.292. The summed E-state index contributed by atoms with van der Waals surface area (Å²) < 4.78 is 18.0. The van der Waals surface area contributed by atoms with Crippen LogP contribution in [0.15, 0.2) is 48.3 Å². The zero-order valence-corrected chi connectivity index (χ0v) is 10.3. The van der Waals surface area contributed by atoms with Crippen molar-refractivity contribution in [3.05, 3.63) is 59.6 Å². The van der Waals surface area contributed by atoms with Crippen molar-refractivity contribution in [2.45, 2.75) is 18.0 Å². The molecular formula is C14H17FN2O. The molecule has 96 valence electrons. The largest absolute Gasteiger partial charge is 0.497 e. The van der Waals surface area contributed by atoms with Gasteiger partial charge in [-0.3, -0.25) is 0 Å². The minimum absolute atomic E-state index is 0.259. The van der Waals surface area contributed by atoms with E-state index in [0.717, 1.165) is 5.56 Å². The summed E-state index contributed by atoms with van der Waals surface area (Å²) in [5.41, 5.74) is 12.6. The van der Waals surface area contributed by atoms with Gasteiger partial charge in [0.05, 0.1) is 12.6 Å². The van der Waals surface area contributed by atoms with Gasteiger partial charge < -0.3 is 16.2 Å². The summed E-state index contributed by atoms with van der Waals surface area (Å²) in [5.74, 6) is 0.437. The van der Waals surface area contributed by atoms with Gasteiger partial charge in [-0.15, -0.1) is 0 Å². The average Bonchev–Trinajstić information content (AvgIpc) is 2.36. The molecule has 0 aliphatic heterocycles. The molecule has 0 amide bonds. The number of ether oxygens (including phenoxy) is 1. The first-order valence-corrected chi connectivity index (χ1v) is 5.77. The fourth-order valence-electron chi connectivity index (χ4n) is 2.04. The molecule has 0 spiro atoms. The van der Waals surface area contributed by atoms with E-state index in [1.807, 2.05) is 12.2 Å². The maximum Gasteiger partial charge on any atom is 0.123 e. The molecule has 2 unspecified atom stereocenters. The number of halogens is 1. The molecule has 1 aliphatic rings. The Balaban J connectivity index is 2.23. The molecule has 2 atom stereocenters. The van der Waals surface area contributed by atoms with Crippen LogP contribution in [0.1, 0.15) is 5.56 Å². The Morgan fingerprint density at radius 2 is 2.00 bits per heavy atom. The fourth-order valence-corrected chi connectivity index (χ4v) is 2.04. The molecule has 0 saturated carbocycles. The standard InChI is InChI=1S/C14H17FN2O/c1-18-12-6-7-13(16)14(17,9-12)8-10-2-4-11(15)5-3-10/h2-7,9,13H,8,16-17H2,1H3. The third-order valence-electron chi connectivity index (χ3n) is 3.16. The van der Waals surface area contributed by atoms with E-state index in [0.29, 0.717) is 12.2 Å². The average molecular weight is 248 g/mol. The summed E-state index contributed by atoms with van der Waals surface area (Å²) in [6.45, 7) is 0. The molecular weight excluding hydrogens is 231 g/mol. The second kappa shape index (κ2) is 4.92. The Hall–Kier alpha value is -1.65. The first-order valence-electron chi connectivity index (χ1n) is 5.77. The highest BCUT2D eigenvalue weighted by atomic mass is 19.1. The molecule has 0 bridgehead atoms. The maximum absolute atomic E-state index is 12.9. The Kier molecular flexibility index (Phi) is 3.50. The van der Waals surface area contributed by atoms with E-state index in [-0.39, 0.29) is 11.9 Å². The molecule has 0 aromatic heterocycles. The quantitative estimate of drug-likeness (QED) is 0.852. The van der Waals surface area contributed by atoms with Crippen LogP contribution in [0.5, 0.6) is 0 Å². The van der Waals surface area contributed by atoms with Gasteiger partial charge in [-0.05, 0) is 36.3 Å². The number of allylic oxidation sites excluding steroid dienone is 1. The van der Waals surface area contributed by atoms with Crippen molar-refractivity contribution in [1.29, 1.82) is 0 Å². The van der Waals surface area contributed by atoms with Crippen LogP contribution in [0.2, 0.25) is 0 Å². The summed E-state index contributed by atoms with van der Waals surface area (Å²) in [7, 11) is 1.59. The number of rotatable bonds is 3. The van der Waals surface area contributed by atoms with Crippen molar-refractivity contribution in [3.8, 4) is 0 Å². The Bertz CT molecular complexity index is 481. The van der Waals surface area contributed by atoms with Crippen molar-refractivity contribution in [2.24, 2.45) is 11.5 Å². The molecule has 0 saturated heterocycles. The van der Waals surface area contributed by atoms with E-state index in [9.17, 15) is 4.39 Å². The topological polar surface area (TPSA) is 61.3 Å².